The Bertz CT molecular complexity index is 450. The van der Waals surface area contributed by atoms with Crippen molar-refractivity contribution in [2.24, 2.45) is 0 Å². The summed E-state index contributed by atoms with van der Waals surface area (Å²) in [6.45, 7) is 6.31. The molecule has 1 aromatic rings. The number of hydrogen-bond donors (Lipinski definition) is 2. The Balaban J connectivity index is 2.01. The minimum absolute atomic E-state index is 0.426. The minimum Gasteiger partial charge on any atom is -0.486 e. The molecule has 1 unspecified atom stereocenters. The van der Waals surface area contributed by atoms with Crippen molar-refractivity contribution in [1.82, 2.24) is 5.32 Å². The van der Waals surface area contributed by atoms with Crippen LogP contribution in [0.2, 0.25) is 0 Å². The number of nitrogens with two attached hydrogens (primary N) is 1. The van der Waals surface area contributed by atoms with Gasteiger partial charge < -0.3 is 25.4 Å². The highest BCUT2D eigenvalue weighted by atomic mass is 16.6. The molecule has 1 saturated heterocycles. The molecule has 2 aliphatic rings. The molecule has 18 heavy (non-hydrogen) atoms. The standard InChI is InChI=1S/C13H19N3O2/c1-9-8-15-2-3-16(9)11-6-10(14)7-12-13(11)18-5-4-17-12/h6-7,9,15H,2-5,8,14H2,1H3. The van der Waals surface area contributed by atoms with E-state index in [4.69, 9.17) is 15.2 Å². The van der Waals surface area contributed by atoms with E-state index in [9.17, 15) is 0 Å². The summed E-state index contributed by atoms with van der Waals surface area (Å²) in [6.07, 6.45) is 0. The van der Waals surface area contributed by atoms with Crippen LogP contribution in [0.5, 0.6) is 11.5 Å². The molecule has 98 valence electrons. The molecule has 0 amide bonds. The van der Waals surface area contributed by atoms with Crippen LogP contribution in [0.1, 0.15) is 6.92 Å². The summed E-state index contributed by atoms with van der Waals surface area (Å²) in [4.78, 5) is 2.33. The SMILES string of the molecule is CC1CNCCN1c1cc(N)cc2c1OCCO2. The second-order valence-electron chi connectivity index (χ2n) is 4.81. The highest BCUT2D eigenvalue weighted by Gasteiger charge is 2.25. The van der Waals surface area contributed by atoms with Gasteiger partial charge in [-0.25, -0.2) is 0 Å². The van der Waals surface area contributed by atoms with E-state index in [1.54, 1.807) is 0 Å². The Labute approximate surface area is 107 Å². The summed E-state index contributed by atoms with van der Waals surface area (Å²) in [5.74, 6) is 1.60. The number of nitrogen functional groups attached to an aromatic ring is 1. The van der Waals surface area contributed by atoms with Crippen LogP contribution < -0.4 is 25.4 Å². The summed E-state index contributed by atoms with van der Waals surface area (Å²) in [7, 11) is 0. The predicted molar refractivity (Wildman–Crippen MR) is 71.5 cm³/mol. The summed E-state index contributed by atoms with van der Waals surface area (Å²) >= 11 is 0. The number of hydrogen-bond acceptors (Lipinski definition) is 5. The molecule has 0 aliphatic carbocycles. The molecule has 0 aromatic heterocycles. The number of nitrogens with one attached hydrogen (secondary N) is 1. The molecule has 1 fully saturated rings. The van der Waals surface area contributed by atoms with Gasteiger partial charge in [-0.3, -0.25) is 0 Å². The van der Waals surface area contributed by atoms with Gasteiger partial charge in [0.1, 0.15) is 13.2 Å². The van der Waals surface area contributed by atoms with Crippen LogP contribution in [-0.2, 0) is 0 Å². The van der Waals surface area contributed by atoms with E-state index in [-0.39, 0.29) is 0 Å². The van der Waals surface area contributed by atoms with Gasteiger partial charge in [0.05, 0.1) is 5.69 Å². The summed E-state index contributed by atoms with van der Waals surface area (Å²) in [5.41, 5.74) is 7.73. The van der Waals surface area contributed by atoms with Crippen LogP contribution in [0.15, 0.2) is 12.1 Å². The fraction of sp³-hybridized carbons (Fsp3) is 0.538. The third-order valence-electron chi connectivity index (χ3n) is 3.46. The summed E-state index contributed by atoms with van der Waals surface area (Å²) in [6, 6.07) is 4.25. The molecule has 3 rings (SSSR count). The average Bonchev–Trinajstić information content (AvgIpc) is 2.38. The van der Waals surface area contributed by atoms with Crippen LogP contribution >= 0.6 is 0 Å². The summed E-state index contributed by atoms with van der Waals surface area (Å²) in [5, 5.41) is 3.38. The molecule has 0 spiro atoms. The lowest BCUT2D eigenvalue weighted by molar-refractivity contribution is 0.172. The van der Waals surface area contributed by atoms with E-state index >= 15 is 0 Å². The topological polar surface area (TPSA) is 59.8 Å². The zero-order valence-electron chi connectivity index (χ0n) is 10.6. The van der Waals surface area contributed by atoms with Gasteiger partial charge in [0.2, 0.25) is 0 Å². The van der Waals surface area contributed by atoms with Crippen molar-refractivity contribution in [2.45, 2.75) is 13.0 Å². The Hall–Kier alpha value is -1.62. The molecule has 0 bridgehead atoms. The maximum Gasteiger partial charge on any atom is 0.184 e. The van der Waals surface area contributed by atoms with Gasteiger partial charge in [0.25, 0.3) is 0 Å². The van der Waals surface area contributed by atoms with Crippen LogP contribution in [0.25, 0.3) is 0 Å². The molecule has 5 heteroatoms. The average molecular weight is 249 g/mol. The molecule has 2 heterocycles. The van der Waals surface area contributed by atoms with Crippen molar-refractivity contribution in [2.75, 3.05) is 43.5 Å². The van der Waals surface area contributed by atoms with Crippen molar-refractivity contribution < 1.29 is 9.47 Å². The molecule has 0 saturated carbocycles. The van der Waals surface area contributed by atoms with Crippen LogP contribution in [-0.4, -0.2) is 38.9 Å². The van der Waals surface area contributed by atoms with Crippen molar-refractivity contribution in [3.63, 3.8) is 0 Å². The van der Waals surface area contributed by atoms with Gasteiger partial charge in [-0.1, -0.05) is 0 Å². The molecule has 5 nitrogen and oxygen atoms in total. The van der Waals surface area contributed by atoms with E-state index in [1.165, 1.54) is 0 Å². The second kappa shape index (κ2) is 4.57. The fourth-order valence-corrected chi connectivity index (χ4v) is 2.57. The monoisotopic (exact) mass is 249 g/mol. The van der Waals surface area contributed by atoms with E-state index in [0.29, 0.717) is 19.3 Å². The number of anilines is 2. The van der Waals surface area contributed by atoms with Crippen LogP contribution in [0.4, 0.5) is 11.4 Å². The molecule has 0 radical (unpaired) electrons. The summed E-state index contributed by atoms with van der Waals surface area (Å²) < 4.78 is 11.4. The molecule has 1 atom stereocenters. The normalized spacial score (nSPS) is 22.9. The number of ether oxygens (including phenoxy) is 2. The first-order valence-electron chi connectivity index (χ1n) is 6.42. The van der Waals surface area contributed by atoms with E-state index in [0.717, 1.165) is 42.5 Å². The Morgan fingerprint density at radius 2 is 2.17 bits per heavy atom. The maximum absolute atomic E-state index is 5.96. The maximum atomic E-state index is 5.96. The Morgan fingerprint density at radius 3 is 3.00 bits per heavy atom. The number of piperazine rings is 1. The van der Waals surface area contributed by atoms with E-state index in [1.807, 2.05) is 12.1 Å². The largest absolute Gasteiger partial charge is 0.486 e. The quantitative estimate of drug-likeness (QED) is 0.722. The molecule has 1 aromatic carbocycles. The van der Waals surface area contributed by atoms with Crippen LogP contribution in [0, 0.1) is 0 Å². The zero-order valence-corrected chi connectivity index (χ0v) is 10.6. The van der Waals surface area contributed by atoms with Gasteiger partial charge in [-0.15, -0.1) is 0 Å². The van der Waals surface area contributed by atoms with Crippen molar-refractivity contribution in [3.8, 4) is 11.5 Å². The molecule has 2 aliphatic heterocycles. The first kappa shape index (κ1) is 11.5. The van der Waals surface area contributed by atoms with Crippen molar-refractivity contribution in [3.05, 3.63) is 12.1 Å². The highest BCUT2D eigenvalue weighted by molar-refractivity contribution is 5.72. The van der Waals surface area contributed by atoms with E-state index in [2.05, 4.69) is 17.1 Å². The first-order chi connectivity index (χ1) is 8.75. The second-order valence-corrected chi connectivity index (χ2v) is 4.81. The first-order valence-corrected chi connectivity index (χ1v) is 6.42. The number of nitrogens with zero attached hydrogens (tertiary/aromatic N) is 1. The smallest absolute Gasteiger partial charge is 0.184 e. The number of benzene rings is 1. The van der Waals surface area contributed by atoms with Crippen LogP contribution in [0.3, 0.4) is 0 Å². The molecular weight excluding hydrogens is 230 g/mol. The number of fused-ring (bicyclic) bond motifs is 1. The van der Waals surface area contributed by atoms with Gasteiger partial charge >= 0.3 is 0 Å². The van der Waals surface area contributed by atoms with E-state index < -0.39 is 0 Å². The third-order valence-corrected chi connectivity index (χ3v) is 3.46. The fourth-order valence-electron chi connectivity index (χ4n) is 2.57. The van der Waals surface area contributed by atoms with Gasteiger partial charge in [0, 0.05) is 37.4 Å². The lowest BCUT2D eigenvalue weighted by Gasteiger charge is -2.37. The highest BCUT2D eigenvalue weighted by Crippen LogP contribution is 2.42. The molecular formula is C13H19N3O2. The Morgan fingerprint density at radius 1 is 1.33 bits per heavy atom. The third kappa shape index (κ3) is 1.95. The van der Waals surface area contributed by atoms with Crippen molar-refractivity contribution in [1.29, 1.82) is 0 Å². The minimum atomic E-state index is 0.426. The zero-order chi connectivity index (χ0) is 12.5. The lowest BCUT2D eigenvalue weighted by Crippen LogP contribution is -2.50. The van der Waals surface area contributed by atoms with Gasteiger partial charge in [-0.05, 0) is 13.0 Å². The van der Waals surface area contributed by atoms with Gasteiger partial charge in [0.15, 0.2) is 11.5 Å². The lowest BCUT2D eigenvalue weighted by atomic mass is 10.1. The molecule has 3 N–H and O–H groups in total. The van der Waals surface area contributed by atoms with Crippen molar-refractivity contribution >= 4 is 11.4 Å². The number of rotatable bonds is 1. The van der Waals surface area contributed by atoms with Gasteiger partial charge in [-0.2, -0.15) is 0 Å². The Kier molecular flexibility index (Phi) is 2.91. The predicted octanol–water partition coefficient (Wildman–Crippen LogP) is 0.838.